The zero-order valence-corrected chi connectivity index (χ0v) is 9.19. The highest BCUT2D eigenvalue weighted by molar-refractivity contribution is 5.79. The lowest BCUT2D eigenvalue weighted by Gasteiger charge is -2.29. The second kappa shape index (κ2) is 4.58. The van der Waals surface area contributed by atoms with Crippen molar-refractivity contribution >= 4 is 5.97 Å². The van der Waals surface area contributed by atoms with Gasteiger partial charge in [0.05, 0.1) is 6.10 Å². The molecular formula is C11H14O6. The second-order valence-corrected chi connectivity index (χ2v) is 4.07. The summed E-state index contributed by atoms with van der Waals surface area (Å²) in [6, 6.07) is 0. The van der Waals surface area contributed by atoms with Crippen molar-refractivity contribution in [2.75, 3.05) is 0 Å². The molecule has 94 valence electrons. The van der Waals surface area contributed by atoms with E-state index in [-0.39, 0.29) is 6.10 Å². The molecule has 2 rings (SSSR count). The largest absolute Gasteiger partial charge is 0.478 e. The highest BCUT2D eigenvalue weighted by Gasteiger charge is 2.42. The zero-order chi connectivity index (χ0) is 12.6. The highest BCUT2D eigenvalue weighted by Crippen LogP contribution is 2.33. The van der Waals surface area contributed by atoms with E-state index in [0.29, 0.717) is 5.57 Å². The topological polar surface area (TPSA) is 96.2 Å². The van der Waals surface area contributed by atoms with Crippen LogP contribution in [-0.4, -0.2) is 52.0 Å². The summed E-state index contributed by atoms with van der Waals surface area (Å²) in [6.07, 6.45) is 0.0903. The Hall–Kier alpha value is -1.21. The molecule has 2 heterocycles. The van der Waals surface area contributed by atoms with Crippen molar-refractivity contribution in [3.05, 3.63) is 23.8 Å². The molecule has 0 aromatic heterocycles. The van der Waals surface area contributed by atoms with Gasteiger partial charge < -0.3 is 24.8 Å². The van der Waals surface area contributed by atoms with E-state index >= 15 is 0 Å². The maximum absolute atomic E-state index is 10.4. The minimum atomic E-state index is -1.11. The first-order chi connectivity index (χ1) is 7.99. The van der Waals surface area contributed by atoms with E-state index in [2.05, 4.69) is 0 Å². The second-order valence-electron chi connectivity index (χ2n) is 4.07. The van der Waals surface area contributed by atoms with Crippen molar-refractivity contribution in [2.24, 2.45) is 0 Å². The summed E-state index contributed by atoms with van der Waals surface area (Å²) in [5, 5.41) is 27.8. The number of aliphatic hydroxyl groups is 2. The van der Waals surface area contributed by atoms with Gasteiger partial charge >= 0.3 is 5.97 Å². The summed E-state index contributed by atoms with van der Waals surface area (Å²) in [5.41, 5.74) is 0.491. The number of hydrogen-bond donors (Lipinski definition) is 3. The maximum atomic E-state index is 10.4. The van der Waals surface area contributed by atoms with E-state index in [1.54, 1.807) is 6.92 Å². The van der Waals surface area contributed by atoms with Gasteiger partial charge in [-0.1, -0.05) is 0 Å². The molecule has 0 aromatic carbocycles. The van der Waals surface area contributed by atoms with E-state index in [4.69, 9.17) is 14.6 Å². The van der Waals surface area contributed by atoms with Crippen LogP contribution in [0.25, 0.3) is 0 Å². The van der Waals surface area contributed by atoms with Gasteiger partial charge in [-0.3, -0.25) is 0 Å². The van der Waals surface area contributed by atoms with Crippen LogP contribution in [0.2, 0.25) is 0 Å². The summed E-state index contributed by atoms with van der Waals surface area (Å²) >= 11 is 0. The molecule has 2 aliphatic heterocycles. The molecular weight excluding hydrogens is 228 g/mol. The van der Waals surface area contributed by atoms with Crippen LogP contribution in [0.4, 0.5) is 0 Å². The van der Waals surface area contributed by atoms with Crippen LogP contribution in [0.15, 0.2) is 23.8 Å². The lowest BCUT2D eigenvalue weighted by molar-refractivity contribution is -0.131. The van der Waals surface area contributed by atoms with Crippen molar-refractivity contribution in [2.45, 2.75) is 37.6 Å². The van der Waals surface area contributed by atoms with Gasteiger partial charge in [-0.05, 0) is 19.1 Å². The Kier molecular flexibility index (Phi) is 3.30. The van der Waals surface area contributed by atoms with Crippen molar-refractivity contribution in [1.82, 2.24) is 0 Å². The number of rotatable bonds is 2. The SMILES string of the molecule is C[C@@H]1OC(O)C2=C[C@@H](O)[C@@H](/C=C\C(=O)O)O[C@@H]21. The molecule has 2 aliphatic rings. The molecule has 0 aliphatic carbocycles. The van der Waals surface area contributed by atoms with Crippen molar-refractivity contribution in [1.29, 1.82) is 0 Å². The fraction of sp³-hybridized carbons (Fsp3) is 0.545. The van der Waals surface area contributed by atoms with Gasteiger partial charge in [-0.15, -0.1) is 0 Å². The fourth-order valence-electron chi connectivity index (χ4n) is 2.01. The number of fused-ring (bicyclic) bond motifs is 1. The van der Waals surface area contributed by atoms with Gasteiger partial charge in [0.2, 0.25) is 0 Å². The van der Waals surface area contributed by atoms with Crippen LogP contribution >= 0.6 is 0 Å². The standard InChI is InChI=1S/C11H14O6/c1-5-10-6(11(15)16-5)4-7(12)8(17-10)2-3-9(13)14/h2-5,7-8,10-12,15H,1H3,(H,13,14)/b3-2-/t5-,7+,8+,10+,11?/m0/s1. The molecule has 5 atom stereocenters. The van der Waals surface area contributed by atoms with E-state index in [1.165, 1.54) is 12.2 Å². The molecule has 0 amide bonds. The molecule has 3 N–H and O–H groups in total. The Morgan fingerprint density at radius 2 is 2.12 bits per heavy atom. The number of hydrogen-bond acceptors (Lipinski definition) is 5. The van der Waals surface area contributed by atoms with Crippen LogP contribution in [0.1, 0.15) is 6.92 Å². The van der Waals surface area contributed by atoms with E-state index in [9.17, 15) is 15.0 Å². The average Bonchev–Trinajstić information content (AvgIpc) is 2.51. The molecule has 0 radical (unpaired) electrons. The molecule has 1 unspecified atom stereocenters. The molecule has 0 aromatic rings. The Balaban J connectivity index is 2.16. The number of carbonyl (C=O) groups is 1. The number of ether oxygens (including phenoxy) is 2. The summed E-state index contributed by atoms with van der Waals surface area (Å²) < 4.78 is 10.6. The van der Waals surface area contributed by atoms with Gasteiger partial charge in [0.25, 0.3) is 0 Å². The van der Waals surface area contributed by atoms with E-state index < -0.39 is 30.6 Å². The van der Waals surface area contributed by atoms with Crippen LogP contribution in [0.5, 0.6) is 0 Å². The zero-order valence-electron chi connectivity index (χ0n) is 9.19. The number of aliphatic carboxylic acids is 1. The molecule has 0 saturated carbocycles. The predicted molar refractivity (Wildman–Crippen MR) is 56.1 cm³/mol. The fourth-order valence-corrected chi connectivity index (χ4v) is 2.01. The molecule has 17 heavy (non-hydrogen) atoms. The van der Waals surface area contributed by atoms with Crippen molar-refractivity contribution < 1.29 is 29.6 Å². The first-order valence-corrected chi connectivity index (χ1v) is 5.29. The van der Waals surface area contributed by atoms with Crippen LogP contribution < -0.4 is 0 Å². The van der Waals surface area contributed by atoms with Crippen LogP contribution in [-0.2, 0) is 14.3 Å². The van der Waals surface area contributed by atoms with Gasteiger partial charge in [-0.2, -0.15) is 0 Å². The molecule has 6 nitrogen and oxygen atoms in total. The van der Waals surface area contributed by atoms with E-state index in [0.717, 1.165) is 6.08 Å². The lowest BCUT2D eigenvalue weighted by Crippen LogP contribution is -2.39. The molecule has 0 spiro atoms. The Bertz CT molecular complexity index is 374. The third-order valence-electron chi connectivity index (χ3n) is 2.82. The first-order valence-electron chi connectivity index (χ1n) is 5.29. The molecule has 1 fully saturated rings. The number of carboxylic acid groups (broad SMARTS) is 1. The quantitative estimate of drug-likeness (QED) is 0.443. The Morgan fingerprint density at radius 3 is 2.76 bits per heavy atom. The normalized spacial score (nSPS) is 41.4. The summed E-state index contributed by atoms with van der Waals surface area (Å²) in [4.78, 5) is 10.4. The van der Waals surface area contributed by atoms with Gasteiger partial charge in [0, 0.05) is 11.6 Å². The number of aliphatic hydroxyl groups excluding tert-OH is 2. The average molecular weight is 242 g/mol. The lowest BCUT2D eigenvalue weighted by atomic mass is 9.99. The third-order valence-corrected chi connectivity index (χ3v) is 2.82. The minimum absolute atomic E-state index is 0.329. The Labute approximate surface area is 97.8 Å². The summed E-state index contributed by atoms with van der Waals surface area (Å²) in [5.74, 6) is -1.11. The van der Waals surface area contributed by atoms with Gasteiger partial charge in [0.15, 0.2) is 6.29 Å². The molecule has 1 saturated heterocycles. The minimum Gasteiger partial charge on any atom is -0.478 e. The highest BCUT2D eigenvalue weighted by atomic mass is 16.6. The van der Waals surface area contributed by atoms with Crippen molar-refractivity contribution in [3.8, 4) is 0 Å². The summed E-state index contributed by atoms with van der Waals surface area (Å²) in [7, 11) is 0. The first kappa shape index (κ1) is 12.3. The van der Waals surface area contributed by atoms with Gasteiger partial charge in [-0.25, -0.2) is 4.79 Å². The van der Waals surface area contributed by atoms with Crippen LogP contribution in [0.3, 0.4) is 0 Å². The maximum Gasteiger partial charge on any atom is 0.328 e. The smallest absolute Gasteiger partial charge is 0.328 e. The molecule has 0 bridgehead atoms. The molecule has 6 heteroatoms. The third kappa shape index (κ3) is 2.39. The van der Waals surface area contributed by atoms with Crippen LogP contribution in [0, 0.1) is 0 Å². The predicted octanol–water partition coefficient (Wildman–Crippen LogP) is -0.581. The van der Waals surface area contributed by atoms with Gasteiger partial charge in [0.1, 0.15) is 18.3 Å². The monoisotopic (exact) mass is 242 g/mol. The summed E-state index contributed by atoms with van der Waals surface area (Å²) in [6.45, 7) is 1.74. The number of carboxylic acids is 1. The Morgan fingerprint density at radius 1 is 1.41 bits per heavy atom. The van der Waals surface area contributed by atoms with E-state index in [1.807, 2.05) is 0 Å². The van der Waals surface area contributed by atoms with Crippen molar-refractivity contribution in [3.63, 3.8) is 0 Å².